The van der Waals surface area contributed by atoms with Crippen LogP contribution in [0.3, 0.4) is 0 Å². The molecular formula is C20H20BrNO2. The Morgan fingerprint density at radius 2 is 1.58 bits per heavy atom. The van der Waals surface area contributed by atoms with E-state index >= 15 is 0 Å². The zero-order valence-electron chi connectivity index (χ0n) is 14.0. The van der Waals surface area contributed by atoms with Crippen molar-refractivity contribution in [3.05, 3.63) is 64.1 Å². The average Bonchev–Trinajstić information content (AvgIpc) is 2.60. The summed E-state index contributed by atoms with van der Waals surface area (Å²) in [5.74, 6) is 1.69. The van der Waals surface area contributed by atoms with Crippen LogP contribution < -0.4 is 14.8 Å². The van der Waals surface area contributed by atoms with Crippen molar-refractivity contribution in [3.8, 4) is 11.5 Å². The smallest absolute Gasteiger partial charge is 0.141 e. The summed E-state index contributed by atoms with van der Waals surface area (Å²) in [6, 6.07) is 16.4. The Kier molecular flexibility index (Phi) is 4.95. The third-order valence-corrected chi connectivity index (χ3v) is 4.89. The molecule has 3 aromatic carbocycles. The average molecular weight is 386 g/mol. The lowest BCUT2D eigenvalue weighted by Gasteiger charge is -2.18. The van der Waals surface area contributed by atoms with Crippen molar-refractivity contribution in [2.45, 2.75) is 13.5 Å². The number of hydrogen-bond acceptors (Lipinski definition) is 3. The fourth-order valence-electron chi connectivity index (χ4n) is 2.93. The first-order valence-corrected chi connectivity index (χ1v) is 8.56. The Hall–Kier alpha value is -2.20. The van der Waals surface area contributed by atoms with Crippen LogP contribution in [0.1, 0.15) is 11.1 Å². The van der Waals surface area contributed by atoms with Crippen molar-refractivity contribution in [2.75, 3.05) is 19.5 Å². The van der Waals surface area contributed by atoms with E-state index in [4.69, 9.17) is 9.47 Å². The lowest BCUT2D eigenvalue weighted by Crippen LogP contribution is -2.05. The zero-order chi connectivity index (χ0) is 17.1. The summed E-state index contributed by atoms with van der Waals surface area (Å²) < 4.78 is 12.3. The van der Waals surface area contributed by atoms with Crippen molar-refractivity contribution in [1.29, 1.82) is 0 Å². The maximum atomic E-state index is 5.73. The number of halogens is 1. The molecule has 3 rings (SSSR count). The number of methoxy groups -OCH3 is 2. The van der Waals surface area contributed by atoms with Crippen molar-refractivity contribution in [2.24, 2.45) is 0 Å². The standard InChI is InChI=1S/C20H20BrNO2/c1-13-7-6-8-14(11-13)22-12-17-18(21)20(24-3)16-10-5-4-9-15(16)19(17)23-2/h4-11,22H,12H2,1-3H3. The summed E-state index contributed by atoms with van der Waals surface area (Å²) in [5.41, 5.74) is 3.34. The highest BCUT2D eigenvalue weighted by atomic mass is 79.9. The van der Waals surface area contributed by atoms with E-state index in [1.54, 1.807) is 14.2 Å². The SMILES string of the molecule is COc1c(Br)c(CNc2cccc(C)c2)c(OC)c2ccccc12. The van der Waals surface area contributed by atoms with E-state index in [0.717, 1.165) is 38.0 Å². The molecule has 0 aliphatic heterocycles. The monoisotopic (exact) mass is 385 g/mol. The molecule has 0 radical (unpaired) electrons. The maximum absolute atomic E-state index is 5.73. The van der Waals surface area contributed by atoms with Gasteiger partial charge in [0.1, 0.15) is 11.5 Å². The Balaban J connectivity index is 2.07. The molecule has 0 unspecified atom stereocenters. The molecule has 0 aliphatic rings. The first kappa shape index (κ1) is 16.7. The second-order valence-electron chi connectivity index (χ2n) is 5.63. The van der Waals surface area contributed by atoms with Crippen LogP contribution in [-0.2, 0) is 6.54 Å². The number of ether oxygens (including phenoxy) is 2. The third kappa shape index (κ3) is 3.06. The number of fused-ring (bicyclic) bond motifs is 1. The van der Waals surface area contributed by atoms with Gasteiger partial charge in [-0.15, -0.1) is 0 Å². The molecule has 4 heteroatoms. The van der Waals surface area contributed by atoms with Crippen LogP contribution in [0.15, 0.2) is 53.0 Å². The molecule has 1 N–H and O–H groups in total. The molecule has 0 saturated heterocycles. The lowest BCUT2D eigenvalue weighted by atomic mass is 10.0. The third-order valence-electron chi connectivity index (χ3n) is 4.05. The van der Waals surface area contributed by atoms with Crippen LogP contribution in [0.2, 0.25) is 0 Å². The maximum Gasteiger partial charge on any atom is 0.141 e. The number of nitrogens with one attached hydrogen (secondary N) is 1. The van der Waals surface area contributed by atoms with Crippen molar-refractivity contribution in [3.63, 3.8) is 0 Å². The predicted octanol–water partition coefficient (Wildman–Crippen LogP) is 5.54. The number of hydrogen-bond donors (Lipinski definition) is 1. The quantitative estimate of drug-likeness (QED) is 0.625. The van der Waals surface area contributed by atoms with E-state index in [-0.39, 0.29) is 0 Å². The minimum Gasteiger partial charge on any atom is -0.496 e. The molecular weight excluding hydrogens is 366 g/mol. The Labute approximate surface area is 150 Å². The molecule has 3 aromatic rings. The van der Waals surface area contributed by atoms with Gasteiger partial charge in [-0.05, 0) is 40.5 Å². The van der Waals surface area contributed by atoms with E-state index in [9.17, 15) is 0 Å². The zero-order valence-corrected chi connectivity index (χ0v) is 15.6. The van der Waals surface area contributed by atoms with Gasteiger partial charge in [-0.1, -0.05) is 36.4 Å². The minimum absolute atomic E-state index is 0.633. The summed E-state index contributed by atoms with van der Waals surface area (Å²) >= 11 is 3.70. The van der Waals surface area contributed by atoms with E-state index < -0.39 is 0 Å². The van der Waals surface area contributed by atoms with Gasteiger partial charge < -0.3 is 14.8 Å². The molecule has 0 spiro atoms. The highest BCUT2D eigenvalue weighted by molar-refractivity contribution is 9.10. The van der Waals surface area contributed by atoms with Gasteiger partial charge in [-0.25, -0.2) is 0 Å². The second-order valence-corrected chi connectivity index (χ2v) is 6.42. The molecule has 3 nitrogen and oxygen atoms in total. The van der Waals surface area contributed by atoms with E-state index in [0.29, 0.717) is 6.54 Å². The Morgan fingerprint density at radius 3 is 2.21 bits per heavy atom. The van der Waals surface area contributed by atoms with Gasteiger partial charge in [0.2, 0.25) is 0 Å². The number of benzene rings is 3. The van der Waals surface area contributed by atoms with Gasteiger partial charge in [0.25, 0.3) is 0 Å². The van der Waals surface area contributed by atoms with Crippen LogP contribution in [0.25, 0.3) is 10.8 Å². The normalized spacial score (nSPS) is 10.7. The molecule has 0 atom stereocenters. The van der Waals surface area contributed by atoms with Crippen LogP contribution in [0, 0.1) is 6.92 Å². The second kappa shape index (κ2) is 7.14. The molecule has 0 bridgehead atoms. The fourth-order valence-corrected chi connectivity index (χ4v) is 3.63. The molecule has 124 valence electrons. The molecule has 0 amide bonds. The van der Waals surface area contributed by atoms with Gasteiger partial charge in [0.05, 0.1) is 18.7 Å². The largest absolute Gasteiger partial charge is 0.496 e. The molecule has 24 heavy (non-hydrogen) atoms. The van der Waals surface area contributed by atoms with Gasteiger partial charge in [-0.2, -0.15) is 0 Å². The number of anilines is 1. The van der Waals surface area contributed by atoms with E-state index in [2.05, 4.69) is 52.4 Å². The highest BCUT2D eigenvalue weighted by Crippen LogP contribution is 2.43. The van der Waals surface area contributed by atoms with Crippen LogP contribution in [-0.4, -0.2) is 14.2 Å². The topological polar surface area (TPSA) is 30.5 Å². The fraction of sp³-hybridized carbons (Fsp3) is 0.200. The highest BCUT2D eigenvalue weighted by Gasteiger charge is 2.18. The molecule has 0 heterocycles. The van der Waals surface area contributed by atoms with Crippen LogP contribution in [0.5, 0.6) is 11.5 Å². The van der Waals surface area contributed by atoms with Crippen LogP contribution in [0.4, 0.5) is 5.69 Å². The summed E-state index contributed by atoms with van der Waals surface area (Å²) in [7, 11) is 3.40. The molecule has 0 aromatic heterocycles. The van der Waals surface area contributed by atoms with Crippen molar-refractivity contribution in [1.82, 2.24) is 0 Å². The van der Waals surface area contributed by atoms with Crippen molar-refractivity contribution < 1.29 is 9.47 Å². The first-order chi connectivity index (χ1) is 11.7. The number of aryl methyl sites for hydroxylation is 1. The van der Waals surface area contributed by atoms with Gasteiger partial charge in [0, 0.05) is 28.6 Å². The van der Waals surface area contributed by atoms with Gasteiger partial charge in [0.15, 0.2) is 0 Å². The summed E-state index contributed by atoms with van der Waals surface area (Å²) in [5, 5.41) is 5.54. The van der Waals surface area contributed by atoms with E-state index in [1.807, 2.05) is 24.3 Å². The molecule has 0 saturated carbocycles. The predicted molar refractivity (Wildman–Crippen MR) is 103 cm³/mol. The molecule has 0 aliphatic carbocycles. The lowest BCUT2D eigenvalue weighted by molar-refractivity contribution is 0.404. The summed E-state index contributed by atoms with van der Waals surface area (Å²) in [6.07, 6.45) is 0. The van der Waals surface area contributed by atoms with E-state index in [1.165, 1.54) is 5.56 Å². The van der Waals surface area contributed by atoms with Gasteiger partial charge >= 0.3 is 0 Å². The number of rotatable bonds is 5. The Bertz CT molecular complexity index is 877. The van der Waals surface area contributed by atoms with Crippen LogP contribution >= 0.6 is 15.9 Å². The molecule has 0 fully saturated rings. The van der Waals surface area contributed by atoms with Gasteiger partial charge in [-0.3, -0.25) is 0 Å². The van der Waals surface area contributed by atoms with Crippen molar-refractivity contribution >= 4 is 32.4 Å². The first-order valence-electron chi connectivity index (χ1n) is 7.77. The minimum atomic E-state index is 0.633. The summed E-state index contributed by atoms with van der Waals surface area (Å²) in [4.78, 5) is 0. The summed E-state index contributed by atoms with van der Waals surface area (Å²) in [6.45, 7) is 2.72. The Morgan fingerprint density at radius 1 is 0.917 bits per heavy atom.